The highest BCUT2D eigenvalue weighted by atomic mass is 79.9. The van der Waals surface area contributed by atoms with Crippen LogP contribution in [0.15, 0.2) is 132 Å². The van der Waals surface area contributed by atoms with Crippen molar-refractivity contribution >= 4 is 57.0 Å². The molecule has 0 unspecified atom stereocenters. The van der Waals surface area contributed by atoms with Gasteiger partial charge in [0, 0.05) is 35.0 Å². The Morgan fingerprint density at radius 1 is 0.711 bits per heavy atom. The van der Waals surface area contributed by atoms with Crippen LogP contribution in [0.1, 0.15) is 32.6 Å². The predicted octanol–water partition coefficient (Wildman–Crippen LogP) is 9.79. The van der Waals surface area contributed by atoms with Crippen molar-refractivity contribution in [2.24, 2.45) is 4.99 Å². The SMILES string of the molecule is Br.COc1ccc(CN(Cc2ccc(OC)cc2)C(=Nc2cc(Cl)ccc2C(=O)c2ccccc2)SCc2ccccc2)cc1. The van der Waals surface area contributed by atoms with Crippen LogP contribution in [0.4, 0.5) is 5.69 Å². The van der Waals surface area contributed by atoms with Crippen LogP contribution in [0.2, 0.25) is 5.02 Å². The van der Waals surface area contributed by atoms with Crippen molar-refractivity contribution < 1.29 is 14.3 Å². The number of hydrogen-bond acceptors (Lipinski definition) is 5. The highest BCUT2D eigenvalue weighted by Crippen LogP contribution is 2.30. The molecule has 0 saturated carbocycles. The maximum Gasteiger partial charge on any atom is 0.195 e. The third-order valence-corrected chi connectivity index (χ3v) is 8.32. The average Bonchev–Trinajstić information content (AvgIpc) is 3.07. The van der Waals surface area contributed by atoms with Crippen LogP contribution in [-0.4, -0.2) is 30.1 Å². The van der Waals surface area contributed by atoms with Crippen molar-refractivity contribution in [2.75, 3.05) is 14.2 Å². The van der Waals surface area contributed by atoms with Gasteiger partial charge in [0.15, 0.2) is 11.0 Å². The van der Waals surface area contributed by atoms with E-state index in [4.69, 9.17) is 26.1 Å². The number of benzene rings is 5. The lowest BCUT2D eigenvalue weighted by molar-refractivity contribution is 0.103. The van der Waals surface area contributed by atoms with E-state index < -0.39 is 0 Å². The molecule has 0 atom stereocenters. The normalized spacial score (nSPS) is 11.0. The maximum atomic E-state index is 13.7. The summed E-state index contributed by atoms with van der Waals surface area (Å²) >= 11 is 8.12. The number of halogens is 2. The van der Waals surface area contributed by atoms with E-state index in [2.05, 4.69) is 41.3 Å². The van der Waals surface area contributed by atoms with Gasteiger partial charge in [0.05, 0.1) is 19.9 Å². The number of thioether (sulfide) groups is 1. The van der Waals surface area contributed by atoms with Crippen LogP contribution in [0.3, 0.4) is 0 Å². The second-order valence-corrected chi connectivity index (χ2v) is 11.5. The molecule has 0 N–H and O–H groups in total. The summed E-state index contributed by atoms with van der Waals surface area (Å²) in [4.78, 5) is 21.1. The number of hydrogen-bond donors (Lipinski definition) is 0. The Morgan fingerprint density at radius 2 is 1.24 bits per heavy atom. The quantitative estimate of drug-likeness (QED) is 0.0780. The third-order valence-electron chi connectivity index (χ3n) is 7.00. The minimum absolute atomic E-state index is 0. The average molecular weight is 702 g/mol. The second kappa shape index (κ2) is 16.9. The van der Waals surface area contributed by atoms with Gasteiger partial charge in [-0.15, -0.1) is 17.0 Å². The summed E-state index contributed by atoms with van der Waals surface area (Å²) in [5, 5.41) is 1.28. The molecule has 0 spiro atoms. The zero-order valence-electron chi connectivity index (χ0n) is 25.1. The topological polar surface area (TPSA) is 51.1 Å². The highest BCUT2D eigenvalue weighted by Gasteiger charge is 2.19. The lowest BCUT2D eigenvalue weighted by atomic mass is 10.0. The lowest BCUT2D eigenvalue weighted by Crippen LogP contribution is -2.28. The van der Waals surface area contributed by atoms with E-state index >= 15 is 0 Å². The van der Waals surface area contributed by atoms with E-state index in [0.717, 1.165) is 27.8 Å². The van der Waals surface area contributed by atoms with Gasteiger partial charge in [-0.3, -0.25) is 4.79 Å². The first-order valence-electron chi connectivity index (χ1n) is 14.2. The monoisotopic (exact) mass is 700 g/mol. The number of amidine groups is 1. The lowest BCUT2D eigenvalue weighted by Gasteiger charge is -2.27. The number of carbonyl (C=O) groups excluding carboxylic acids is 1. The van der Waals surface area contributed by atoms with E-state index in [1.165, 1.54) is 5.56 Å². The van der Waals surface area contributed by atoms with Crippen molar-refractivity contribution in [1.29, 1.82) is 0 Å². The highest BCUT2D eigenvalue weighted by molar-refractivity contribution is 8.93. The van der Waals surface area contributed by atoms with Gasteiger partial charge in [0.1, 0.15) is 11.5 Å². The molecule has 0 bridgehead atoms. The van der Waals surface area contributed by atoms with E-state index in [0.29, 0.717) is 40.7 Å². The molecule has 0 radical (unpaired) electrons. The Balaban J connectivity index is 0.00000461. The summed E-state index contributed by atoms with van der Waals surface area (Å²) < 4.78 is 10.8. The largest absolute Gasteiger partial charge is 0.497 e. The molecular weight excluding hydrogens is 668 g/mol. The van der Waals surface area contributed by atoms with Crippen molar-refractivity contribution in [3.05, 3.63) is 160 Å². The summed E-state index contributed by atoms with van der Waals surface area (Å²) in [6.45, 7) is 1.17. The number of ketones is 1. The van der Waals surface area contributed by atoms with Gasteiger partial charge in [-0.1, -0.05) is 108 Å². The number of rotatable bonds is 11. The molecule has 0 fully saturated rings. The molecule has 0 aromatic heterocycles. The fourth-order valence-corrected chi connectivity index (χ4v) is 5.78. The zero-order valence-corrected chi connectivity index (χ0v) is 28.3. The van der Waals surface area contributed by atoms with Crippen LogP contribution in [0.5, 0.6) is 11.5 Å². The Kier molecular flexibility index (Phi) is 12.7. The maximum absolute atomic E-state index is 13.7. The van der Waals surface area contributed by atoms with E-state index in [-0.39, 0.29) is 22.8 Å². The van der Waals surface area contributed by atoms with Crippen LogP contribution in [0.25, 0.3) is 0 Å². The van der Waals surface area contributed by atoms with Gasteiger partial charge < -0.3 is 14.4 Å². The van der Waals surface area contributed by atoms with E-state index in [1.54, 1.807) is 44.2 Å². The number of aliphatic imine (C=N–C) groups is 1. The third kappa shape index (κ3) is 9.47. The summed E-state index contributed by atoms with van der Waals surface area (Å²) in [6.07, 6.45) is 0. The number of methoxy groups -OCH3 is 2. The molecule has 0 saturated heterocycles. The number of nitrogens with zero attached hydrogens (tertiary/aromatic N) is 2. The van der Waals surface area contributed by atoms with E-state index in [1.807, 2.05) is 72.8 Å². The molecule has 0 aliphatic rings. The van der Waals surface area contributed by atoms with Crippen LogP contribution in [0, 0.1) is 0 Å². The number of carbonyl (C=O) groups is 1. The fourth-order valence-electron chi connectivity index (χ4n) is 4.65. The molecule has 5 rings (SSSR count). The Morgan fingerprint density at radius 3 is 1.78 bits per heavy atom. The van der Waals surface area contributed by atoms with Crippen molar-refractivity contribution in [3.63, 3.8) is 0 Å². The molecule has 0 amide bonds. The molecule has 230 valence electrons. The summed E-state index contributed by atoms with van der Waals surface area (Å²) in [7, 11) is 3.32. The molecule has 8 heteroatoms. The van der Waals surface area contributed by atoms with Gasteiger partial charge in [0.2, 0.25) is 0 Å². The molecule has 0 aliphatic carbocycles. The Labute approximate surface area is 284 Å². The molecule has 0 aliphatic heterocycles. The zero-order chi connectivity index (χ0) is 30.7. The fraction of sp³-hybridized carbons (Fsp3) is 0.135. The first-order valence-corrected chi connectivity index (χ1v) is 15.5. The van der Waals surface area contributed by atoms with Crippen LogP contribution >= 0.6 is 40.3 Å². The molecular formula is C37H34BrClN2O3S. The van der Waals surface area contributed by atoms with Gasteiger partial charge in [-0.25, -0.2) is 4.99 Å². The van der Waals surface area contributed by atoms with Crippen LogP contribution < -0.4 is 9.47 Å². The van der Waals surface area contributed by atoms with Gasteiger partial charge in [0.25, 0.3) is 0 Å². The smallest absolute Gasteiger partial charge is 0.195 e. The van der Waals surface area contributed by atoms with Crippen molar-refractivity contribution in [2.45, 2.75) is 18.8 Å². The Bertz CT molecular complexity index is 1650. The molecule has 5 nitrogen and oxygen atoms in total. The summed E-state index contributed by atoms with van der Waals surface area (Å²) in [5.41, 5.74) is 4.98. The van der Waals surface area contributed by atoms with Crippen molar-refractivity contribution in [1.82, 2.24) is 4.90 Å². The van der Waals surface area contributed by atoms with Gasteiger partial charge in [-0.2, -0.15) is 0 Å². The summed E-state index contributed by atoms with van der Waals surface area (Å²) in [5.74, 6) is 2.19. The first kappa shape index (κ1) is 33.8. The minimum Gasteiger partial charge on any atom is -0.497 e. The summed E-state index contributed by atoms with van der Waals surface area (Å²) in [6, 6.07) is 40.9. The Hall–Kier alpha value is -4.04. The standard InChI is InChI=1S/C37H33ClN2O3S.BrH/c1-42-32-18-13-27(14-19-32)24-40(25-28-15-20-33(43-2)21-16-28)37(44-26-29-9-5-3-6-10-29)39-35-23-31(38)17-22-34(35)36(41)30-11-7-4-8-12-30;/h3-23H,24-26H2,1-2H3;1H. The first-order chi connectivity index (χ1) is 21.5. The second-order valence-electron chi connectivity index (χ2n) is 10.1. The molecule has 5 aromatic rings. The van der Waals surface area contributed by atoms with Gasteiger partial charge in [-0.05, 0) is 59.2 Å². The minimum atomic E-state index is -0.106. The van der Waals surface area contributed by atoms with Crippen molar-refractivity contribution in [3.8, 4) is 11.5 Å². The van der Waals surface area contributed by atoms with Crippen LogP contribution in [-0.2, 0) is 18.8 Å². The number of ether oxygens (including phenoxy) is 2. The predicted molar refractivity (Wildman–Crippen MR) is 192 cm³/mol. The molecule has 45 heavy (non-hydrogen) atoms. The van der Waals surface area contributed by atoms with E-state index in [9.17, 15) is 4.79 Å². The molecule has 5 aromatic carbocycles. The molecule has 0 heterocycles. The van der Waals surface area contributed by atoms with Gasteiger partial charge >= 0.3 is 0 Å².